The maximum Gasteiger partial charge on any atom is 0.223 e. The highest BCUT2D eigenvalue weighted by molar-refractivity contribution is 5.76. The quantitative estimate of drug-likeness (QED) is 0.764. The molecule has 4 nitrogen and oxygen atoms in total. The monoisotopic (exact) mass is 223 g/mol. The number of carbonyl (C=O) groups excluding carboxylic acids is 1. The first-order valence-corrected chi connectivity index (χ1v) is 6.12. The average molecular weight is 223 g/mol. The van der Waals surface area contributed by atoms with Gasteiger partial charge < -0.3 is 10.2 Å². The molecule has 0 aromatic rings. The predicted molar refractivity (Wildman–Crippen MR) is 62.7 cm³/mol. The van der Waals surface area contributed by atoms with Crippen LogP contribution < -0.4 is 5.32 Å². The number of rotatable bonds is 5. The normalized spacial score (nSPS) is 17.9. The standard InChI is InChI=1S/C12H21N3O/c1-11(5-7-13)14-8-6-12(16)15-9-3-2-4-10-15/h11,14H,2-6,8-10H2,1H3. The second kappa shape index (κ2) is 7.24. The van der Waals surface area contributed by atoms with Gasteiger partial charge in [-0.15, -0.1) is 0 Å². The zero-order valence-electron chi connectivity index (χ0n) is 10.0. The lowest BCUT2D eigenvalue weighted by Crippen LogP contribution is -2.38. The molecule has 90 valence electrons. The molecule has 0 saturated carbocycles. The third kappa shape index (κ3) is 4.63. The lowest BCUT2D eigenvalue weighted by Gasteiger charge is -2.26. The summed E-state index contributed by atoms with van der Waals surface area (Å²) in [6.45, 7) is 4.49. The van der Waals surface area contributed by atoms with E-state index < -0.39 is 0 Å². The highest BCUT2D eigenvalue weighted by atomic mass is 16.2. The number of amides is 1. The Balaban J connectivity index is 2.12. The molecular formula is C12H21N3O. The predicted octanol–water partition coefficient (Wildman–Crippen LogP) is 1.28. The van der Waals surface area contributed by atoms with Crippen LogP contribution in [0, 0.1) is 11.3 Å². The molecule has 1 N–H and O–H groups in total. The van der Waals surface area contributed by atoms with E-state index in [1.54, 1.807) is 0 Å². The molecule has 0 aliphatic carbocycles. The van der Waals surface area contributed by atoms with Crippen molar-refractivity contribution in [1.82, 2.24) is 10.2 Å². The Kier molecular flexibility index (Phi) is 5.87. The van der Waals surface area contributed by atoms with E-state index in [1.807, 2.05) is 11.8 Å². The number of hydrogen-bond acceptors (Lipinski definition) is 3. The van der Waals surface area contributed by atoms with Gasteiger partial charge >= 0.3 is 0 Å². The Bertz CT molecular complexity index is 253. The van der Waals surface area contributed by atoms with Crippen LogP contribution in [0.1, 0.15) is 39.0 Å². The topological polar surface area (TPSA) is 56.1 Å². The maximum atomic E-state index is 11.8. The molecule has 16 heavy (non-hydrogen) atoms. The van der Waals surface area contributed by atoms with Gasteiger partial charge in [0.15, 0.2) is 0 Å². The van der Waals surface area contributed by atoms with E-state index in [0.29, 0.717) is 19.4 Å². The van der Waals surface area contributed by atoms with Gasteiger partial charge in [0.25, 0.3) is 0 Å². The molecule has 1 aliphatic rings. The van der Waals surface area contributed by atoms with Crippen molar-refractivity contribution < 1.29 is 4.79 Å². The summed E-state index contributed by atoms with van der Waals surface area (Å²) in [6, 6.07) is 2.29. The molecule has 0 aromatic carbocycles. The van der Waals surface area contributed by atoms with Crippen molar-refractivity contribution in [2.24, 2.45) is 0 Å². The van der Waals surface area contributed by atoms with Crippen LogP contribution in [0.15, 0.2) is 0 Å². The van der Waals surface area contributed by atoms with Crippen LogP contribution in [0.25, 0.3) is 0 Å². The van der Waals surface area contributed by atoms with E-state index in [9.17, 15) is 4.79 Å². The molecule has 0 aromatic heterocycles. The smallest absolute Gasteiger partial charge is 0.223 e. The van der Waals surface area contributed by atoms with E-state index in [0.717, 1.165) is 25.9 Å². The molecule has 1 unspecified atom stereocenters. The average Bonchev–Trinajstić information content (AvgIpc) is 2.30. The van der Waals surface area contributed by atoms with E-state index in [-0.39, 0.29) is 11.9 Å². The van der Waals surface area contributed by atoms with Crippen molar-refractivity contribution in [1.29, 1.82) is 5.26 Å². The molecule has 1 rings (SSSR count). The summed E-state index contributed by atoms with van der Waals surface area (Å²) < 4.78 is 0. The zero-order valence-corrected chi connectivity index (χ0v) is 10.0. The second-order valence-electron chi connectivity index (χ2n) is 4.41. The van der Waals surface area contributed by atoms with Gasteiger partial charge in [-0.1, -0.05) is 0 Å². The van der Waals surface area contributed by atoms with Crippen molar-refractivity contribution in [3.63, 3.8) is 0 Å². The van der Waals surface area contributed by atoms with Crippen LogP contribution in [0.3, 0.4) is 0 Å². The largest absolute Gasteiger partial charge is 0.343 e. The van der Waals surface area contributed by atoms with Gasteiger partial charge in [-0.05, 0) is 26.2 Å². The fourth-order valence-electron chi connectivity index (χ4n) is 1.94. The molecule has 0 spiro atoms. The fraction of sp³-hybridized carbons (Fsp3) is 0.833. The summed E-state index contributed by atoms with van der Waals surface area (Å²) in [7, 11) is 0. The van der Waals surface area contributed by atoms with Gasteiger partial charge in [0, 0.05) is 32.1 Å². The minimum atomic E-state index is 0.180. The van der Waals surface area contributed by atoms with Crippen LogP contribution in [0.4, 0.5) is 0 Å². The first-order valence-electron chi connectivity index (χ1n) is 6.12. The number of likely N-dealkylation sites (tertiary alicyclic amines) is 1. The van der Waals surface area contributed by atoms with Crippen molar-refractivity contribution in [2.45, 2.75) is 45.1 Å². The molecule has 1 aliphatic heterocycles. The Hall–Kier alpha value is -1.08. The number of nitrogens with one attached hydrogen (secondary N) is 1. The molecule has 1 saturated heterocycles. The van der Waals surface area contributed by atoms with Gasteiger partial charge in [-0.3, -0.25) is 4.79 Å². The summed E-state index contributed by atoms with van der Waals surface area (Å²) in [5.74, 6) is 0.247. The summed E-state index contributed by atoms with van der Waals surface area (Å²) in [5, 5.41) is 11.7. The summed E-state index contributed by atoms with van der Waals surface area (Å²) in [4.78, 5) is 13.7. The highest BCUT2D eigenvalue weighted by Crippen LogP contribution is 2.09. The Morgan fingerprint density at radius 2 is 2.12 bits per heavy atom. The van der Waals surface area contributed by atoms with Gasteiger partial charge in [0.05, 0.1) is 12.5 Å². The summed E-state index contributed by atoms with van der Waals surface area (Å²) in [5.41, 5.74) is 0. The third-order valence-electron chi connectivity index (χ3n) is 2.94. The van der Waals surface area contributed by atoms with E-state index in [4.69, 9.17) is 5.26 Å². The Morgan fingerprint density at radius 1 is 1.44 bits per heavy atom. The number of piperidine rings is 1. The third-order valence-corrected chi connectivity index (χ3v) is 2.94. The number of hydrogen-bond donors (Lipinski definition) is 1. The molecule has 0 bridgehead atoms. The first kappa shape index (κ1) is 13.0. The Labute approximate surface area is 97.6 Å². The molecule has 4 heteroatoms. The van der Waals surface area contributed by atoms with E-state index in [2.05, 4.69) is 11.4 Å². The lowest BCUT2D eigenvalue weighted by molar-refractivity contribution is -0.131. The maximum absolute atomic E-state index is 11.8. The van der Waals surface area contributed by atoms with Crippen molar-refractivity contribution >= 4 is 5.91 Å². The summed E-state index contributed by atoms with van der Waals surface area (Å²) in [6.07, 6.45) is 4.59. The SMILES string of the molecule is CC(CC#N)NCCC(=O)N1CCCCC1. The van der Waals surface area contributed by atoms with Crippen LogP contribution in [-0.4, -0.2) is 36.5 Å². The number of nitrogens with zero attached hydrogens (tertiary/aromatic N) is 2. The van der Waals surface area contributed by atoms with Crippen molar-refractivity contribution in [3.8, 4) is 6.07 Å². The van der Waals surface area contributed by atoms with E-state index >= 15 is 0 Å². The molecule has 1 fully saturated rings. The first-order chi connectivity index (χ1) is 7.74. The van der Waals surface area contributed by atoms with Gasteiger partial charge in [0.2, 0.25) is 5.91 Å². The van der Waals surface area contributed by atoms with Gasteiger partial charge in [-0.25, -0.2) is 0 Å². The lowest BCUT2D eigenvalue weighted by atomic mass is 10.1. The van der Waals surface area contributed by atoms with Crippen LogP contribution in [0.2, 0.25) is 0 Å². The molecular weight excluding hydrogens is 202 g/mol. The number of nitriles is 1. The molecule has 0 radical (unpaired) electrons. The molecule has 1 heterocycles. The number of carbonyl (C=O) groups is 1. The minimum absolute atomic E-state index is 0.180. The van der Waals surface area contributed by atoms with Crippen LogP contribution in [0.5, 0.6) is 0 Å². The van der Waals surface area contributed by atoms with Crippen LogP contribution >= 0.6 is 0 Å². The van der Waals surface area contributed by atoms with Crippen LogP contribution in [-0.2, 0) is 4.79 Å². The highest BCUT2D eigenvalue weighted by Gasteiger charge is 2.15. The van der Waals surface area contributed by atoms with E-state index in [1.165, 1.54) is 6.42 Å². The van der Waals surface area contributed by atoms with Crippen molar-refractivity contribution in [3.05, 3.63) is 0 Å². The molecule has 1 amide bonds. The summed E-state index contributed by atoms with van der Waals surface area (Å²) >= 11 is 0. The molecule has 1 atom stereocenters. The second-order valence-corrected chi connectivity index (χ2v) is 4.41. The fourth-order valence-corrected chi connectivity index (χ4v) is 1.94. The van der Waals surface area contributed by atoms with Gasteiger partial charge in [-0.2, -0.15) is 5.26 Å². The van der Waals surface area contributed by atoms with Gasteiger partial charge in [0.1, 0.15) is 0 Å². The van der Waals surface area contributed by atoms with Crippen molar-refractivity contribution in [2.75, 3.05) is 19.6 Å². The minimum Gasteiger partial charge on any atom is -0.343 e. The Morgan fingerprint density at radius 3 is 2.75 bits per heavy atom. The zero-order chi connectivity index (χ0) is 11.8.